The predicted octanol–water partition coefficient (Wildman–Crippen LogP) is 11.9. The Morgan fingerprint density at radius 2 is 0.929 bits per heavy atom. The molecule has 10 heteroatoms. The van der Waals surface area contributed by atoms with Gasteiger partial charge in [-0.15, -0.1) is 0 Å². The minimum Gasteiger partial charge on any atom is -0.394 e. The third-order valence-electron chi connectivity index (χ3n) is 11.7. The zero-order chi connectivity index (χ0) is 42.4. The van der Waals surface area contributed by atoms with Crippen molar-refractivity contribution in [3.05, 3.63) is 0 Å². The van der Waals surface area contributed by atoms with Crippen molar-refractivity contribution in [3.63, 3.8) is 0 Å². The molecule has 0 fully saturated rings. The first-order valence-corrected chi connectivity index (χ1v) is 24.7. The van der Waals surface area contributed by atoms with E-state index in [1.165, 1.54) is 96.3 Å². The van der Waals surface area contributed by atoms with Crippen LogP contribution in [-0.2, 0) is 23.1 Å². The maximum Gasteiger partial charge on any atom is 0.472 e. The standard InChI is InChI=1S/C46H95O9P/c1-37(2)17-11-19-39(5)21-13-23-41(7)24-15-26-43(9)28-31-52-35-45(36-55-56(50,51)54-34-44(48)33-47)53-32-30-46(10,49)29-16-27-42(8)25-14-22-40(6)20-12-18-38(3)4/h37-45,47-49H,11-36H2,1-10H3,(H,50,51)/t39?,40?,41?,42?,43?,44-,45+,46?/m0/s1. The minimum atomic E-state index is -4.48. The van der Waals surface area contributed by atoms with Gasteiger partial charge in [0.2, 0.25) is 0 Å². The lowest BCUT2D eigenvalue weighted by Crippen LogP contribution is -2.31. The van der Waals surface area contributed by atoms with E-state index >= 15 is 0 Å². The molecule has 4 N–H and O–H groups in total. The van der Waals surface area contributed by atoms with Crippen molar-refractivity contribution < 1.29 is 43.3 Å². The van der Waals surface area contributed by atoms with E-state index in [0.717, 1.165) is 48.9 Å². The normalized spacial score (nSPS) is 18.4. The molecular weight excluding hydrogens is 727 g/mol. The van der Waals surface area contributed by atoms with Crippen LogP contribution < -0.4 is 0 Å². The SMILES string of the molecule is CC(C)CCCC(C)CCCC(C)CCCC(C)CCOC[C@H](COP(=O)(O)OC[C@@H](O)CO)OCCC(C)(O)CCCC(C)CCCC(C)CCCC(C)C. The van der Waals surface area contributed by atoms with Gasteiger partial charge in [-0.1, -0.05) is 171 Å². The van der Waals surface area contributed by atoms with Gasteiger partial charge in [0.25, 0.3) is 0 Å². The molecule has 0 amide bonds. The Balaban J connectivity index is 4.62. The van der Waals surface area contributed by atoms with Crippen LogP contribution >= 0.6 is 7.82 Å². The van der Waals surface area contributed by atoms with E-state index < -0.39 is 38.8 Å². The number of hydrogen-bond donors (Lipinski definition) is 4. The summed E-state index contributed by atoms with van der Waals surface area (Å²) in [6, 6.07) is 0. The molecule has 338 valence electrons. The highest BCUT2D eigenvalue weighted by Gasteiger charge is 2.26. The van der Waals surface area contributed by atoms with Gasteiger partial charge < -0.3 is 29.7 Å². The fourth-order valence-corrected chi connectivity index (χ4v) is 8.20. The van der Waals surface area contributed by atoms with Crippen LogP contribution in [0.4, 0.5) is 0 Å². The van der Waals surface area contributed by atoms with E-state index in [2.05, 4.69) is 62.3 Å². The molecule has 0 aromatic heterocycles. The Morgan fingerprint density at radius 3 is 1.36 bits per heavy atom. The molecule has 0 aliphatic heterocycles. The molecule has 9 nitrogen and oxygen atoms in total. The number of ether oxygens (including phenoxy) is 2. The Morgan fingerprint density at radius 1 is 0.536 bits per heavy atom. The number of phosphoric acid groups is 1. The summed E-state index contributed by atoms with van der Waals surface area (Å²) in [5, 5.41) is 29.6. The third-order valence-corrected chi connectivity index (χ3v) is 12.6. The zero-order valence-electron chi connectivity index (χ0n) is 38.4. The molecule has 0 aromatic carbocycles. The third kappa shape index (κ3) is 35.8. The van der Waals surface area contributed by atoms with Gasteiger partial charge >= 0.3 is 7.82 Å². The summed E-state index contributed by atoms with van der Waals surface area (Å²) in [6.45, 7) is 22.5. The Hall–Kier alpha value is -0.0900. The number of phosphoric ester groups is 1. The smallest absolute Gasteiger partial charge is 0.394 e. The molecule has 0 saturated carbocycles. The molecule has 0 saturated heterocycles. The van der Waals surface area contributed by atoms with Crippen LogP contribution in [0.5, 0.6) is 0 Å². The number of rotatable bonds is 40. The topological polar surface area (TPSA) is 135 Å². The molecule has 7 unspecified atom stereocenters. The minimum absolute atomic E-state index is 0.176. The van der Waals surface area contributed by atoms with Crippen LogP contribution in [0.2, 0.25) is 0 Å². The molecule has 0 radical (unpaired) electrons. The average Bonchev–Trinajstić information content (AvgIpc) is 3.10. The molecule has 0 spiro atoms. The second-order valence-electron chi connectivity index (χ2n) is 19.4. The van der Waals surface area contributed by atoms with Gasteiger partial charge in [0.1, 0.15) is 12.2 Å². The van der Waals surface area contributed by atoms with Crippen LogP contribution in [0.25, 0.3) is 0 Å². The summed E-state index contributed by atoms with van der Waals surface area (Å²) in [5.41, 5.74) is -0.884. The molecule has 0 aliphatic rings. The van der Waals surface area contributed by atoms with Crippen LogP contribution in [0.15, 0.2) is 0 Å². The van der Waals surface area contributed by atoms with Gasteiger partial charge in [0.05, 0.1) is 32.0 Å². The van der Waals surface area contributed by atoms with Gasteiger partial charge in [-0.2, -0.15) is 0 Å². The summed E-state index contributed by atoms with van der Waals surface area (Å²) in [6.07, 6.45) is 21.6. The average molecular weight is 823 g/mol. The van der Waals surface area contributed by atoms with Crippen LogP contribution in [-0.4, -0.2) is 77.7 Å². The molecule has 0 rings (SSSR count). The summed E-state index contributed by atoms with van der Waals surface area (Å²) in [7, 11) is -4.48. The first-order chi connectivity index (χ1) is 26.3. The fraction of sp³-hybridized carbons (Fsp3) is 1.00. The van der Waals surface area contributed by atoms with E-state index in [1.54, 1.807) is 0 Å². The highest BCUT2D eigenvalue weighted by atomic mass is 31.2. The van der Waals surface area contributed by atoms with E-state index in [9.17, 15) is 19.7 Å². The predicted molar refractivity (Wildman–Crippen MR) is 234 cm³/mol. The lowest BCUT2D eigenvalue weighted by Gasteiger charge is -2.26. The largest absolute Gasteiger partial charge is 0.472 e. The first kappa shape index (κ1) is 55.9. The maximum absolute atomic E-state index is 12.4. The zero-order valence-corrected chi connectivity index (χ0v) is 39.3. The van der Waals surface area contributed by atoms with Gasteiger partial charge in [0.15, 0.2) is 0 Å². The first-order valence-electron chi connectivity index (χ1n) is 23.2. The Kier molecular flexibility index (Phi) is 33.6. The van der Waals surface area contributed by atoms with Crippen molar-refractivity contribution in [1.29, 1.82) is 0 Å². The Labute approximate surface area is 346 Å². The van der Waals surface area contributed by atoms with Crippen LogP contribution in [0.3, 0.4) is 0 Å². The second-order valence-corrected chi connectivity index (χ2v) is 20.8. The molecule has 0 aromatic rings. The van der Waals surface area contributed by atoms with Crippen molar-refractivity contribution in [1.82, 2.24) is 0 Å². The van der Waals surface area contributed by atoms with Gasteiger partial charge in [-0.25, -0.2) is 4.57 Å². The van der Waals surface area contributed by atoms with Gasteiger partial charge in [-0.3, -0.25) is 9.05 Å². The van der Waals surface area contributed by atoms with Crippen molar-refractivity contribution in [3.8, 4) is 0 Å². The van der Waals surface area contributed by atoms with Crippen LogP contribution in [0, 0.1) is 41.4 Å². The number of hydrogen-bond acceptors (Lipinski definition) is 8. The quantitative estimate of drug-likeness (QED) is 0.0352. The van der Waals surface area contributed by atoms with Crippen molar-refractivity contribution in [2.24, 2.45) is 41.4 Å². The Bertz CT molecular complexity index is 932. The molecule has 0 heterocycles. The van der Waals surface area contributed by atoms with E-state index in [4.69, 9.17) is 23.6 Å². The summed E-state index contributed by atoms with van der Waals surface area (Å²) >= 11 is 0. The van der Waals surface area contributed by atoms with Crippen LogP contribution in [0.1, 0.15) is 198 Å². The molecule has 56 heavy (non-hydrogen) atoms. The van der Waals surface area contributed by atoms with E-state index in [1.807, 2.05) is 6.92 Å². The monoisotopic (exact) mass is 823 g/mol. The van der Waals surface area contributed by atoms with E-state index in [-0.39, 0.29) is 19.8 Å². The lowest BCUT2D eigenvalue weighted by atomic mass is 9.89. The lowest BCUT2D eigenvalue weighted by molar-refractivity contribution is -0.0654. The van der Waals surface area contributed by atoms with Crippen molar-refractivity contribution in [2.45, 2.75) is 215 Å². The number of aliphatic hydroxyl groups excluding tert-OH is 2. The second kappa shape index (κ2) is 33.6. The maximum atomic E-state index is 12.4. The molecule has 9 atom stereocenters. The summed E-state index contributed by atoms with van der Waals surface area (Å²) < 4.78 is 34.4. The number of aliphatic hydroxyl groups is 3. The van der Waals surface area contributed by atoms with Gasteiger partial charge in [0, 0.05) is 13.2 Å². The van der Waals surface area contributed by atoms with Crippen molar-refractivity contribution >= 4 is 7.82 Å². The highest BCUT2D eigenvalue weighted by molar-refractivity contribution is 7.47. The molecule has 0 aliphatic carbocycles. The summed E-state index contributed by atoms with van der Waals surface area (Å²) in [4.78, 5) is 10.1. The summed E-state index contributed by atoms with van der Waals surface area (Å²) in [5.74, 6) is 5.15. The molecular formula is C46H95O9P. The van der Waals surface area contributed by atoms with Crippen molar-refractivity contribution in [2.75, 3.05) is 39.6 Å². The fourth-order valence-electron chi connectivity index (χ4n) is 7.41. The van der Waals surface area contributed by atoms with E-state index in [0.29, 0.717) is 31.3 Å². The highest BCUT2D eigenvalue weighted by Crippen LogP contribution is 2.43. The molecule has 0 bridgehead atoms. The van der Waals surface area contributed by atoms with Gasteiger partial charge in [-0.05, 0) is 67.6 Å².